The third-order valence-electron chi connectivity index (χ3n) is 5.65. The highest BCUT2D eigenvalue weighted by molar-refractivity contribution is 7.71. The van der Waals surface area contributed by atoms with Gasteiger partial charge in [0, 0.05) is 56.1 Å². The predicted octanol–water partition coefficient (Wildman–Crippen LogP) is 2.32. The van der Waals surface area contributed by atoms with E-state index in [0.29, 0.717) is 24.5 Å². The van der Waals surface area contributed by atoms with Gasteiger partial charge in [-0.1, -0.05) is 0 Å². The summed E-state index contributed by atoms with van der Waals surface area (Å²) < 4.78 is 4.92. The fourth-order valence-corrected chi connectivity index (χ4v) is 4.09. The van der Waals surface area contributed by atoms with E-state index < -0.39 is 0 Å². The summed E-state index contributed by atoms with van der Waals surface area (Å²) in [7, 11) is 0. The van der Waals surface area contributed by atoms with E-state index in [1.54, 1.807) is 6.20 Å². The molecule has 1 saturated heterocycles. The molecule has 1 aliphatic heterocycles. The zero-order chi connectivity index (χ0) is 18.4. The van der Waals surface area contributed by atoms with Crippen molar-refractivity contribution in [1.29, 1.82) is 0 Å². The molecule has 2 aromatic heterocycles. The van der Waals surface area contributed by atoms with Crippen LogP contribution in [0.5, 0.6) is 0 Å². The molecule has 0 N–H and O–H groups in total. The van der Waals surface area contributed by atoms with E-state index in [9.17, 15) is 4.79 Å². The molecule has 8 heteroatoms. The van der Waals surface area contributed by atoms with E-state index in [4.69, 9.17) is 17.3 Å². The van der Waals surface area contributed by atoms with Crippen LogP contribution >= 0.6 is 12.2 Å². The van der Waals surface area contributed by atoms with Crippen molar-refractivity contribution in [2.24, 2.45) is 5.92 Å². The first-order valence-corrected chi connectivity index (χ1v) is 10.2. The average Bonchev–Trinajstić information content (AvgIpc) is 3.62. The molecule has 2 aromatic rings. The van der Waals surface area contributed by atoms with Gasteiger partial charge in [-0.3, -0.25) is 19.2 Å². The highest BCUT2D eigenvalue weighted by Crippen LogP contribution is 2.38. The van der Waals surface area contributed by atoms with Crippen LogP contribution in [0.2, 0.25) is 0 Å². The van der Waals surface area contributed by atoms with Crippen molar-refractivity contribution >= 4 is 18.1 Å². The molecule has 1 amide bonds. The Hall–Kier alpha value is -2.06. The molecule has 0 unspecified atom stereocenters. The highest BCUT2D eigenvalue weighted by Gasteiger charge is 2.35. The number of hydrogen-bond donors (Lipinski definition) is 0. The maximum Gasteiger partial charge on any atom is 0.225 e. The Balaban J connectivity index is 1.32. The molecule has 2 saturated carbocycles. The Labute approximate surface area is 163 Å². The number of piperazine rings is 1. The monoisotopic (exact) mass is 384 g/mol. The second kappa shape index (κ2) is 6.83. The third-order valence-corrected chi connectivity index (χ3v) is 6.05. The molecule has 7 nitrogen and oxygen atoms in total. The zero-order valence-electron chi connectivity index (χ0n) is 15.3. The van der Waals surface area contributed by atoms with Crippen molar-refractivity contribution in [3.8, 4) is 11.4 Å². The fourth-order valence-electron chi connectivity index (χ4n) is 3.75. The van der Waals surface area contributed by atoms with Crippen LogP contribution in [0.1, 0.15) is 31.7 Å². The Morgan fingerprint density at radius 2 is 1.93 bits per heavy atom. The van der Waals surface area contributed by atoms with E-state index in [1.165, 1.54) is 0 Å². The van der Waals surface area contributed by atoms with Crippen LogP contribution in [-0.4, -0.2) is 61.2 Å². The second-order valence-corrected chi connectivity index (χ2v) is 8.17. The van der Waals surface area contributed by atoms with Gasteiger partial charge < -0.3 is 4.90 Å². The van der Waals surface area contributed by atoms with Gasteiger partial charge in [0.15, 0.2) is 10.6 Å². The molecule has 27 heavy (non-hydrogen) atoms. The van der Waals surface area contributed by atoms with Crippen molar-refractivity contribution in [3.05, 3.63) is 29.3 Å². The van der Waals surface area contributed by atoms with E-state index in [1.807, 2.05) is 27.9 Å². The lowest BCUT2D eigenvalue weighted by Crippen LogP contribution is -2.49. The lowest BCUT2D eigenvalue weighted by Gasteiger charge is -2.34. The van der Waals surface area contributed by atoms with Gasteiger partial charge in [-0.05, 0) is 50.0 Å². The summed E-state index contributed by atoms with van der Waals surface area (Å²) in [6.07, 6.45) is 8.10. The van der Waals surface area contributed by atoms with Crippen molar-refractivity contribution in [3.63, 3.8) is 0 Å². The first kappa shape index (κ1) is 17.1. The Kier molecular flexibility index (Phi) is 4.32. The van der Waals surface area contributed by atoms with Gasteiger partial charge in [-0.2, -0.15) is 5.10 Å². The Morgan fingerprint density at radius 3 is 2.56 bits per heavy atom. The van der Waals surface area contributed by atoms with Crippen LogP contribution in [0.4, 0.5) is 0 Å². The highest BCUT2D eigenvalue weighted by atomic mass is 32.1. The Morgan fingerprint density at radius 1 is 1.15 bits per heavy atom. The smallest absolute Gasteiger partial charge is 0.225 e. The van der Waals surface area contributed by atoms with Crippen LogP contribution in [0.25, 0.3) is 11.4 Å². The molecule has 0 bridgehead atoms. The number of rotatable bonds is 5. The van der Waals surface area contributed by atoms with Gasteiger partial charge >= 0.3 is 0 Å². The normalized spacial score (nSPS) is 20.8. The van der Waals surface area contributed by atoms with Crippen LogP contribution < -0.4 is 0 Å². The molecule has 2 aliphatic carbocycles. The van der Waals surface area contributed by atoms with E-state index in [0.717, 1.165) is 68.0 Å². The van der Waals surface area contributed by atoms with E-state index in [-0.39, 0.29) is 0 Å². The summed E-state index contributed by atoms with van der Waals surface area (Å²) in [5, 5.41) is 4.84. The fraction of sp³-hybridized carbons (Fsp3) is 0.579. The molecule has 0 radical (unpaired) electrons. The predicted molar refractivity (Wildman–Crippen MR) is 103 cm³/mol. The van der Waals surface area contributed by atoms with Gasteiger partial charge in [-0.15, -0.1) is 0 Å². The van der Waals surface area contributed by atoms with Gasteiger partial charge in [0.05, 0.1) is 6.67 Å². The maximum atomic E-state index is 12.2. The van der Waals surface area contributed by atoms with Crippen molar-refractivity contribution in [2.45, 2.75) is 38.4 Å². The minimum absolute atomic E-state index is 0.307. The topological polar surface area (TPSA) is 59.2 Å². The standard InChI is InChI=1S/C19H24N6OS/c26-18(14-3-4-14)23-10-8-22(9-11-23)13-24-19(27)25(16-5-6-16)17(21-24)15-2-1-7-20-12-15/h1-2,7,12,14,16H,3-6,8-11,13H2. The lowest BCUT2D eigenvalue weighted by molar-refractivity contribution is -0.134. The first-order chi connectivity index (χ1) is 13.2. The average molecular weight is 385 g/mol. The van der Waals surface area contributed by atoms with Crippen LogP contribution in [0, 0.1) is 10.7 Å². The molecule has 3 fully saturated rings. The van der Waals surface area contributed by atoms with Crippen LogP contribution in [0.3, 0.4) is 0 Å². The molecule has 5 rings (SSSR count). The van der Waals surface area contributed by atoms with Crippen LogP contribution in [0.15, 0.2) is 24.5 Å². The summed E-state index contributed by atoms with van der Waals surface area (Å²) in [4.78, 5) is 20.8. The second-order valence-electron chi connectivity index (χ2n) is 7.81. The minimum Gasteiger partial charge on any atom is -0.340 e. The number of hydrogen-bond acceptors (Lipinski definition) is 5. The summed E-state index contributed by atoms with van der Waals surface area (Å²) in [5.41, 5.74) is 1.01. The van der Waals surface area contributed by atoms with Crippen molar-refractivity contribution < 1.29 is 4.79 Å². The molecular weight excluding hydrogens is 360 g/mol. The maximum absolute atomic E-state index is 12.2. The quantitative estimate of drug-likeness (QED) is 0.741. The molecule has 3 heterocycles. The number of nitrogens with zero attached hydrogens (tertiary/aromatic N) is 6. The third kappa shape index (κ3) is 3.43. The Bertz CT molecular complexity index is 891. The molecule has 0 spiro atoms. The van der Waals surface area contributed by atoms with Crippen LogP contribution in [-0.2, 0) is 11.5 Å². The largest absolute Gasteiger partial charge is 0.340 e. The van der Waals surface area contributed by atoms with Gasteiger partial charge in [-0.25, -0.2) is 4.68 Å². The molecule has 3 aliphatic rings. The summed E-state index contributed by atoms with van der Waals surface area (Å²) in [5.74, 6) is 1.57. The lowest BCUT2D eigenvalue weighted by atomic mass is 10.3. The summed E-state index contributed by atoms with van der Waals surface area (Å²) >= 11 is 5.76. The summed E-state index contributed by atoms with van der Waals surface area (Å²) in [6, 6.07) is 4.44. The minimum atomic E-state index is 0.307. The molecule has 142 valence electrons. The number of carbonyl (C=O) groups is 1. The number of amides is 1. The van der Waals surface area contributed by atoms with Crippen molar-refractivity contribution in [1.82, 2.24) is 29.1 Å². The van der Waals surface area contributed by atoms with E-state index >= 15 is 0 Å². The SMILES string of the molecule is O=C(C1CC1)N1CCN(Cn2nc(-c3cccnc3)n(C3CC3)c2=S)CC1. The molecular formula is C19H24N6OS. The van der Waals surface area contributed by atoms with E-state index in [2.05, 4.69) is 14.5 Å². The van der Waals surface area contributed by atoms with Gasteiger partial charge in [0.25, 0.3) is 0 Å². The van der Waals surface area contributed by atoms with Crippen molar-refractivity contribution in [2.75, 3.05) is 26.2 Å². The zero-order valence-corrected chi connectivity index (χ0v) is 16.1. The summed E-state index contributed by atoms with van der Waals surface area (Å²) in [6.45, 7) is 4.04. The number of aromatic nitrogens is 4. The number of pyridine rings is 1. The molecule has 0 atom stereocenters. The van der Waals surface area contributed by atoms with Gasteiger partial charge in [0.2, 0.25) is 5.91 Å². The molecule has 0 aromatic carbocycles. The van der Waals surface area contributed by atoms with Gasteiger partial charge in [0.1, 0.15) is 0 Å². The number of carbonyl (C=O) groups excluding carboxylic acids is 1. The first-order valence-electron chi connectivity index (χ1n) is 9.81.